The monoisotopic (exact) mass is 256 g/mol. The Hall–Kier alpha value is -0.610. The molecule has 0 bridgehead atoms. The van der Waals surface area contributed by atoms with E-state index in [0.29, 0.717) is 13.2 Å². The van der Waals surface area contributed by atoms with Crippen LogP contribution in [0, 0.1) is 5.92 Å². The Morgan fingerprint density at radius 3 is 2.67 bits per heavy atom. The van der Waals surface area contributed by atoms with Crippen molar-refractivity contribution in [1.82, 2.24) is 10.2 Å². The average molecular weight is 256 g/mol. The minimum Gasteiger partial charge on any atom is -0.383 e. The van der Waals surface area contributed by atoms with Gasteiger partial charge in [0.2, 0.25) is 5.91 Å². The largest absolute Gasteiger partial charge is 0.383 e. The van der Waals surface area contributed by atoms with E-state index in [1.54, 1.807) is 7.11 Å². The number of carbonyl (C=O) groups excluding carboxylic acids is 1. The van der Waals surface area contributed by atoms with Gasteiger partial charge in [-0.25, -0.2) is 0 Å². The molecule has 1 aliphatic rings. The smallest absolute Gasteiger partial charge is 0.234 e. The van der Waals surface area contributed by atoms with Crippen LogP contribution in [0.25, 0.3) is 0 Å². The van der Waals surface area contributed by atoms with Gasteiger partial charge in [0.05, 0.1) is 13.2 Å². The first-order chi connectivity index (χ1) is 8.61. The minimum atomic E-state index is 0.0885. The summed E-state index contributed by atoms with van der Waals surface area (Å²) < 4.78 is 5.00. The second-order valence-corrected chi connectivity index (χ2v) is 5.62. The van der Waals surface area contributed by atoms with Crippen LogP contribution in [0.1, 0.15) is 39.0 Å². The zero-order chi connectivity index (χ0) is 13.4. The molecule has 18 heavy (non-hydrogen) atoms. The molecular formula is C14H28N2O2. The van der Waals surface area contributed by atoms with Gasteiger partial charge in [-0.1, -0.05) is 19.3 Å². The molecule has 106 valence electrons. The van der Waals surface area contributed by atoms with E-state index in [1.165, 1.54) is 32.1 Å². The van der Waals surface area contributed by atoms with Gasteiger partial charge in [0.25, 0.3) is 0 Å². The van der Waals surface area contributed by atoms with Gasteiger partial charge in [0, 0.05) is 19.7 Å². The van der Waals surface area contributed by atoms with Crippen LogP contribution in [0.5, 0.6) is 0 Å². The van der Waals surface area contributed by atoms with Gasteiger partial charge in [-0.05, 0) is 32.7 Å². The highest BCUT2D eigenvalue weighted by atomic mass is 16.5. The molecule has 1 rings (SSSR count). The third kappa shape index (κ3) is 6.36. The van der Waals surface area contributed by atoms with E-state index in [0.717, 1.165) is 12.5 Å². The maximum atomic E-state index is 11.8. The number of methoxy groups -OCH3 is 1. The van der Waals surface area contributed by atoms with E-state index in [-0.39, 0.29) is 11.9 Å². The summed E-state index contributed by atoms with van der Waals surface area (Å²) in [6, 6.07) is 0.0885. The summed E-state index contributed by atoms with van der Waals surface area (Å²) in [5.41, 5.74) is 0. The molecule has 1 amide bonds. The lowest BCUT2D eigenvalue weighted by molar-refractivity contribution is -0.123. The first-order valence-electron chi connectivity index (χ1n) is 7.08. The van der Waals surface area contributed by atoms with Crippen molar-refractivity contribution in [1.29, 1.82) is 0 Å². The lowest BCUT2D eigenvalue weighted by Crippen LogP contribution is -2.42. The predicted octanol–water partition coefficient (Wildman–Crippen LogP) is 1.65. The number of ether oxygens (including phenoxy) is 1. The van der Waals surface area contributed by atoms with Gasteiger partial charge in [0.15, 0.2) is 0 Å². The molecule has 0 aliphatic heterocycles. The lowest BCUT2D eigenvalue weighted by atomic mass is 9.89. The zero-order valence-corrected chi connectivity index (χ0v) is 12.1. The molecule has 4 nitrogen and oxygen atoms in total. The fourth-order valence-corrected chi connectivity index (χ4v) is 2.73. The molecule has 0 radical (unpaired) electrons. The van der Waals surface area contributed by atoms with Crippen LogP contribution < -0.4 is 5.32 Å². The van der Waals surface area contributed by atoms with Gasteiger partial charge >= 0.3 is 0 Å². The van der Waals surface area contributed by atoms with Crippen molar-refractivity contribution in [3.8, 4) is 0 Å². The molecule has 0 aromatic carbocycles. The van der Waals surface area contributed by atoms with Crippen molar-refractivity contribution >= 4 is 5.91 Å². The topological polar surface area (TPSA) is 41.6 Å². The van der Waals surface area contributed by atoms with Crippen LogP contribution in [0.15, 0.2) is 0 Å². The normalized spacial score (nSPS) is 18.9. The van der Waals surface area contributed by atoms with Gasteiger partial charge in [0.1, 0.15) is 0 Å². The zero-order valence-electron chi connectivity index (χ0n) is 12.1. The van der Waals surface area contributed by atoms with Gasteiger partial charge in [-0.3, -0.25) is 9.69 Å². The second-order valence-electron chi connectivity index (χ2n) is 5.62. The van der Waals surface area contributed by atoms with Gasteiger partial charge < -0.3 is 10.1 Å². The lowest BCUT2D eigenvalue weighted by Gasteiger charge is -2.27. The van der Waals surface area contributed by atoms with Crippen LogP contribution in [-0.4, -0.2) is 50.7 Å². The summed E-state index contributed by atoms with van der Waals surface area (Å²) in [6.45, 7) is 4.07. The Morgan fingerprint density at radius 1 is 1.39 bits per heavy atom. The van der Waals surface area contributed by atoms with Gasteiger partial charge in [-0.2, -0.15) is 0 Å². The van der Waals surface area contributed by atoms with E-state index in [9.17, 15) is 4.79 Å². The summed E-state index contributed by atoms with van der Waals surface area (Å²) in [7, 11) is 3.69. The van der Waals surface area contributed by atoms with Crippen LogP contribution in [0.3, 0.4) is 0 Å². The van der Waals surface area contributed by atoms with Crippen LogP contribution >= 0.6 is 0 Å². The van der Waals surface area contributed by atoms with Crippen molar-refractivity contribution in [2.45, 2.75) is 45.1 Å². The van der Waals surface area contributed by atoms with E-state index < -0.39 is 0 Å². The Bertz CT molecular complexity index is 240. The Morgan fingerprint density at radius 2 is 2.06 bits per heavy atom. The van der Waals surface area contributed by atoms with E-state index in [2.05, 4.69) is 10.2 Å². The molecule has 1 atom stereocenters. The highest BCUT2D eigenvalue weighted by molar-refractivity contribution is 5.78. The third-order valence-corrected chi connectivity index (χ3v) is 3.53. The van der Waals surface area contributed by atoms with Crippen molar-refractivity contribution in [3.63, 3.8) is 0 Å². The van der Waals surface area contributed by atoms with Crippen LogP contribution in [0.2, 0.25) is 0 Å². The molecule has 0 unspecified atom stereocenters. The summed E-state index contributed by atoms with van der Waals surface area (Å²) in [5.74, 6) is 0.880. The molecular weight excluding hydrogens is 228 g/mol. The molecule has 1 aliphatic carbocycles. The molecule has 0 heterocycles. The summed E-state index contributed by atoms with van der Waals surface area (Å²) in [4.78, 5) is 13.9. The van der Waals surface area contributed by atoms with E-state index in [1.807, 2.05) is 14.0 Å². The molecule has 0 saturated heterocycles. The van der Waals surface area contributed by atoms with Crippen molar-refractivity contribution in [3.05, 3.63) is 0 Å². The Kier molecular flexibility index (Phi) is 7.28. The Balaban J connectivity index is 2.17. The average Bonchev–Trinajstić information content (AvgIpc) is 2.29. The molecule has 1 fully saturated rings. The molecule has 0 spiro atoms. The highest BCUT2D eigenvalue weighted by Gasteiger charge is 2.17. The van der Waals surface area contributed by atoms with Crippen LogP contribution in [-0.2, 0) is 9.53 Å². The fourth-order valence-electron chi connectivity index (χ4n) is 2.73. The number of carbonyl (C=O) groups is 1. The standard InChI is InChI=1S/C14H28N2O2/c1-12(11-18-3)15-14(17)10-16(2)9-13-7-5-4-6-8-13/h12-13H,4-11H2,1-3H3,(H,15,17)/t12-/m1/s1. The quantitative estimate of drug-likeness (QED) is 0.753. The summed E-state index contributed by atoms with van der Waals surface area (Å²) in [6.07, 6.45) is 6.75. The first kappa shape index (κ1) is 15.4. The second kappa shape index (κ2) is 8.48. The summed E-state index contributed by atoms with van der Waals surface area (Å²) >= 11 is 0. The van der Waals surface area contributed by atoms with Crippen molar-refractivity contribution < 1.29 is 9.53 Å². The fraction of sp³-hybridized carbons (Fsp3) is 0.929. The SMILES string of the molecule is COC[C@@H](C)NC(=O)CN(C)CC1CCCCC1. The predicted molar refractivity (Wildman–Crippen MR) is 73.6 cm³/mol. The molecule has 4 heteroatoms. The number of nitrogens with zero attached hydrogens (tertiary/aromatic N) is 1. The molecule has 0 aromatic rings. The van der Waals surface area contributed by atoms with E-state index >= 15 is 0 Å². The number of nitrogens with one attached hydrogen (secondary N) is 1. The van der Waals surface area contributed by atoms with Gasteiger partial charge in [-0.15, -0.1) is 0 Å². The third-order valence-electron chi connectivity index (χ3n) is 3.53. The molecule has 1 saturated carbocycles. The Labute approximate surface area is 111 Å². The molecule has 0 aromatic heterocycles. The first-order valence-corrected chi connectivity index (χ1v) is 7.08. The maximum Gasteiger partial charge on any atom is 0.234 e. The molecule has 1 N–H and O–H groups in total. The van der Waals surface area contributed by atoms with Crippen LogP contribution in [0.4, 0.5) is 0 Å². The maximum absolute atomic E-state index is 11.8. The van der Waals surface area contributed by atoms with Crippen molar-refractivity contribution in [2.75, 3.05) is 33.9 Å². The highest BCUT2D eigenvalue weighted by Crippen LogP contribution is 2.23. The number of hydrogen-bond donors (Lipinski definition) is 1. The summed E-state index contributed by atoms with van der Waals surface area (Å²) in [5, 5.41) is 2.94. The van der Waals surface area contributed by atoms with Crippen molar-refractivity contribution in [2.24, 2.45) is 5.92 Å². The minimum absolute atomic E-state index is 0.0885. The van der Waals surface area contributed by atoms with E-state index in [4.69, 9.17) is 4.74 Å². The number of hydrogen-bond acceptors (Lipinski definition) is 3. The number of rotatable bonds is 7. The number of likely N-dealkylation sites (N-methyl/N-ethyl adjacent to an activating group) is 1. The number of amides is 1.